The van der Waals surface area contributed by atoms with Crippen LogP contribution in [0, 0.1) is 0 Å². The fourth-order valence-electron chi connectivity index (χ4n) is 1.91. The molecule has 2 aromatic heterocycles. The van der Waals surface area contributed by atoms with Crippen LogP contribution in [0.4, 0.5) is 0 Å². The molecule has 1 aliphatic heterocycles. The molecule has 2 aromatic rings. The second kappa shape index (κ2) is 4.27. The van der Waals surface area contributed by atoms with Crippen molar-refractivity contribution in [2.24, 2.45) is 0 Å². The lowest BCUT2D eigenvalue weighted by molar-refractivity contribution is 0.210. The van der Waals surface area contributed by atoms with E-state index in [1.807, 2.05) is 6.33 Å². The van der Waals surface area contributed by atoms with Gasteiger partial charge in [-0.05, 0) is 22.0 Å². The van der Waals surface area contributed by atoms with Crippen LogP contribution in [0.25, 0.3) is 0 Å². The fraction of sp³-hybridized carbons (Fsp3) is 0.400. The van der Waals surface area contributed by atoms with Crippen LogP contribution in [0.5, 0.6) is 0 Å². The smallest absolute Gasteiger partial charge is 0.147 e. The van der Waals surface area contributed by atoms with Gasteiger partial charge in [-0.3, -0.25) is 4.90 Å². The van der Waals surface area contributed by atoms with Crippen molar-refractivity contribution < 1.29 is 0 Å². The molecule has 0 radical (unpaired) electrons. The summed E-state index contributed by atoms with van der Waals surface area (Å²) in [5, 5.41) is 10.2. The molecule has 0 aromatic carbocycles. The number of thiophene rings is 1. The van der Waals surface area contributed by atoms with E-state index in [0.29, 0.717) is 0 Å². The Kier molecular flexibility index (Phi) is 2.79. The summed E-state index contributed by atoms with van der Waals surface area (Å²) in [5.41, 5.74) is 0. The molecule has 6 heteroatoms. The standard InChI is InChI=1S/C10H11BrN4S/c11-8-3-9(16-6-8)4-14-1-2-15-7-12-13-10(15)5-14/h3,6-7H,1-2,4-5H2. The molecule has 0 unspecified atom stereocenters. The third-order valence-electron chi connectivity index (χ3n) is 2.72. The number of hydrogen-bond donors (Lipinski definition) is 0. The number of aromatic nitrogens is 3. The second-order valence-electron chi connectivity index (χ2n) is 3.88. The van der Waals surface area contributed by atoms with Crippen LogP contribution >= 0.6 is 27.3 Å². The maximum absolute atomic E-state index is 4.12. The molecule has 0 saturated carbocycles. The van der Waals surface area contributed by atoms with Crippen LogP contribution in [0.2, 0.25) is 0 Å². The van der Waals surface area contributed by atoms with Crippen molar-refractivity contribution in [3.63, 3.8) is 0 Å². The average molecular weight is 299 g/mol. The highest BCUT2D eigenvalue weighted by atomic mass is 79.9. The topological polar surface area (TPSA) is 34.0 Å². The van der Waals surface area contributed by atoms with Gasteiger partial charge in [0.15, 0.2) is 0 Å². The lowest BCUT2D eigenvalue weighted by Gasteiger charge is -2.26. The highest BCUT2D eigenvalue weighted by molar-refractivity contribution is 9.10. The summed E-state index contributed by atoms with van der Waals surface area (Å²) in [6.07, 6.45) is 1.81. The van der Waals surface area contributed by atoms with E-state index in [0.717, 1.165) is 32.0 Å². The quantitative estimate of drug-likeness (QED) is 0.852. The van der Waals surface area contributed by atoms with E-state index < -0.39 is 0 Å². The Labute approximate surface area is 106 Å². The van der Waals surface area contributed by atoms with Crippen molar-refractivity contribution in [1.29, 1.82) is 0 Å². The molecule has 3 heterocycles. The Hall–Kier alpha value is -0.720. The first-order valence-corrected chi connectivity index (χ1v) is 6.80. The van der Waals surface area contributed by atoms with Gasteiger partial charge in [0.25, 0.3) is 0 Å². The molecule has 0 N–H and O–H groups in total. The van der Waals surface area contributed by atoms with Crippen molar-refractivity contribution in [2.45, 2.75) is 19.6 Å². The number of rotatable bonds is 2. The van der Waals surface area contributed by atoms with Gasteiger partial charge in [0.1, 0.15) is 12.2 Å². The van der Waals surface area contributed by atoms with Gasteiger partial charge >= 0.3 is 0 Å². The Bertz CT molecular complexity index is 492. The molecular formula is C10H11BrN4S. The van der Waals surface area contributed by atoms with Gasteiger partial charge in [-0.1, -0.05) is 0 Å². The Morgan fingerprint density at radius 1 is 1.44 bits per heavy atom. The zero-order valence-electron chi connectivity index (χ0n) is 8.64. The predicted octanol–water partition coefficient (Wildman–Crippen LogP) is 2.12. The summed E-state index contributed by atoms with van der Waals surface area (Å²) in [4.78, 5) is 3.79. The van der Waals surface area contributed by atoms with E-state index in [9.17, 15) is 0 Å². The first kappa shape index (κ1) is 10.4. The van der Waals surface area contributed by atoms with Gasteiger partial charge in [0, 0.05) is 34.4 Å². The van der Waals surface area contributed by atoms with E-state index in [2.05, 4.69) is 47.0 Å². The Morgan fingerprint density at radius 3 is 3.19 bits per heavy atom. The van der Waals surface area contributed by atoms with Crippen LogP contribution < -0.4 is 0 Å². The molecule has 84 valence electrons. The van der Waals surface area contributed by atoms with E-state index in [1.165, 1.54) is 9.35 Å². The number of halogens is 1. The third-order valence-corrected chi connectivity index (χ3v) is 4.40. The van der Waals surface area contributed by atoms with E-state index in [1.54, 1.807) is 11.3 Å². The summed E-state index contributed by atoms with van der Waals surface area (Å²) in [6, 6.07) is 2.18. The molecule has 1 aliphatic rings. The summed E-state index contributed by atoms with van der Waals surface area (Å²) in [5.74, 6) is 1.07. The highest BCUT2D eigenvalue weighted by Crippen LogP contribution is 2.22. The van der Waals surface area contributed by atoms with Crippen molar-refractivity contribution in [3.05, 3.63) is 32.9 Å². The zero-order chi connectivity index (χ0) is 11.0. The van der Waals surface area contributed by atoms with E-state index in [4.69, 9.17) is 0 Å². The van der Waals surface area contributed by atoms with Gasteiger partial charge < -0.3 is 4.57 Å². The molecule has 4 nitrogen and oxygen atoms in total. The lowest BCUT2D eigenvalue weighted by Crippen LogP contribution is -2.32. The summed E-state index contributed by atoms with van der Waals surface area (Å²) >= 11 is 5.28. The maximum atomic E-state index is 4.12. The van der Waals surface area contributed by atoms with Crippen LogP contribution in [0.3, 0.4) is 0 Å². The fourth-order valence-corrected chi connectivity index (χ4v) is 3.40. The molecular weight excluding hydrogens is 288 g/mol. The highest BCUT2D eigenvalue weighted by Gasteiger charge is 2.17. The molecule has 0 aliphatic carbocycles. The minimum atomic E-state index is 0.898. The van der Waals surface area contributed by atoms with Gasteiger partial charge in [0.2, 0.25) is 0 Å². The van der Waals surface area contributed by atoms with Gasteiger partial charge in [-0.25, -0.2) is 0 Å². The summed E-state index contributed by atoms with van der Waals surface area (Å²) < 4.78 is 3.30. The summed E-state index contributed by atoms with van der Waals surface area (Å²) in [6.45, 7) is 3.97. The monoisotopic (exact) mass is 298 g/mol. The molecule has 0 spiro atoms. The molecule has 3 rings (SSSR count). The van der Waals surface area contributed by atoms with Crippen molar-refractivity contribution in [2.75, 3.05) is 6.54 Å². The number of hydrogen-bond acceptors (Lipinski definition) is 4. The molecule has 0 fully saturated rings. The first-order chi connectivity index (χ1) is 7.81. The number of fused-ring (bicyclic) bond motifs is 1. The van der Waals surface area contributed by atoms with Gasteiger partial charge in [0.05, 0.1) is 6.54 Å². The molecule has 0 amide bonds. The lowest BCUT2D eigenvalue weighted by atomic mass is 10.3. The molecule has 0 bridgehead atoms. The van der Waals surface area contributed by atoms with E-state index >= 15 is 0 Å². The largest absolute Gasteiger partial charge is 0.315 e. The minimum absolute atomic E-state index is 0.898. The average Bonchev–Trinajstić information content (AvgIpc) is 2.87. The maximum Gasteiger partial charge on any atom is 0.147 e. The predicted molar refractivity (Wildman–Crippen MR) is 66.2 cm³/mol. The van der Waals surface area contributed by atoms with E-state index in [-0.39, 0.29) is 0 Å². The number of nitrogens with zero attached hydrogens (tertiary/aromatic N) is 4. The first-order valence-electron chi connectivity index (χ1n) is 5.13. The van der Waals surface area contributed by atoms with Crippen LogP contribution in [-0.4, -0.2) is 26.2 Å². The normalized spacial score (nSPS) is 16.3. The zero-order valence-corrected chi connectivity index (χ0v) is 11.0. The van der Waals surface area contributed by atoms with Crippen LogP contribution in [-0.2, 0) is 19.6 Å². The SMILES string of the molecule is Brc1csc(CN2CCn3cnnc3C2)c1. The molecule has 0 atom stereocenters. The van der Waals surface area contributed by atoms with Gasteiger partial charge in [-0.15, -0.1) is 21.5 Å². The van der Waals surface area contributed by atoms with Gasteiger partial charge in [-0.2, -0.15) is 0 Å². The molecule has 16 heavy (non-hydrogen) atoms. The molecule has 0 saturated heterocycles. The van der Waals surface area contributed by atoms with Crippen molar-refractivity contribution in [1.82, 2.24) is 19.7 Å². The Morgan fingerprint density at radius 2 is 2.38 bits per heavy atom. The van der Waals surface area contributed by atoms with Crippen molar-refractivity contribution >= 4 is 27.3 Å². The van der Waals surface area contributed by atoms with Crippen molar-refractivity contribution in [3.8, 4) is 0 Å². The summed E-state index contributed by atoms with van der Waals surface area (Å²) in [7, 11) is 0. The Balaban J connectivity index is 1.70. The van der Waals surface area contributed by atoms with Crippen LogP contribution in [0.15, 0.2) is 22.2 Å². The minimum Gasteiger partial charge on any atom is -0.315 e. The third kappa shape index (κ3) is 2.05. The second-order valence-corrected chi connectivity index (χ2v) is 5.79. The van der Waals surface area contributed by atoms with Crippen LogP contribution in [0.1, 0.15) is 10.7 Å².